The Morgan fingerprint density at radius 1 is 0.872 bits per heavy atom. The summed E-state index contributed by atoms with van der Waals surface area (Å²) < 4.78 is 55.6. The van der Waals surface area contributed by atoms with Gasteiger partial charge in [0.2, 0.25) is 11.8 Å². The number of methoxy groups -OCH3 is 2. The van der Waals surface area contributed by atoms with Crippen molar-refractivity contribution in [2.45, 2.75) is 50.7 Å². The Morgan fingerprint density at radius 3 is 2.15 bits per heavy atom. The van der Waals surface area contributed by atoms with E-state index in [0.717, 1.165) is 15.4 Å². The Morgan fingerprint density at radius 2 is 1.53 bits per heavy atom. The number of carbonyl (C=O) groups is 2. The second-order valence-corrected chi connectivity index (χ2v) is 13.2. The maximum absolute atomic E-state index is 15.1. The number of halogens is 1. The molecule has 4 rings (SSSR count). The fourth-order valence-electron chi connectivity index (χ4n) is 5.09. The highest BCUT2D eigenvalue weighted by Gasteiger charge is 2.36. The molecule has 4 aromatic rings. The van der Waals surface area contributed by atoms with Crippen LogP contribution in [0.1, 0.15) is 30.5 Å². The second kappa shape index (κ2) is 15.6. The zero-order chi connectivity index (χ0) is 34.1. The molecule has 0 spiro atoms. The van der Waals surface area contributed by atoms with E-state index in [9.17, 15) is 18.0 Å². The molecule has 0 aromatic heterocycles. The average Bonchev–Trinajstić information content (AvgIpc) is 3.05. The van der Waals surface area contributed by atoms with E-state index < -0.39 is 40.2 Å². The Hall–Kier alpha value is -4.90. The van der Waals surface area contributed by atoms with Gasteiger partial charge >= 0.3 is 0 Å². The summed E-state index contributed by atoms with van der Waals surface area (Å²) in [7, 11) is -1.56. The molecule has 0 heterocycles. The summed E-state index contributed by atoms with van der Waals surface area (Å²) in [4.78, 5) is 29.6. The molecule has 1 N–H and O–H groups in total. The number of aryl methyl sites for hydroxylation is 1. The number of amides is 2. The number of rotatable bonds is 14. The van der Waals surface area contributed by atoms with Crippen molar-refractivity contribution >= 4 is 27.5 Å². The predicted octanol–water partition coefficient (Wildman–Crippen LogP) is 5.51. The van der Waals surface area contributed by atoms with Crippen molar-refractivity contribution in [3.8, 4) is 11.5 Å². The standard InChI is InChI=1S/C36H40FN3O6S/c1-25(2)38-36(42)33(21-27-11-7-6-8-12-27)39(23-28-13-9-10-14-31(28)37)35(41)24-40(32-22-29(45-4)17-20-34(32)46-5)47(43,44)30-18-15-26(3)16-19-30/h6-20,22,25,33H,21,23-24H2,1-5H3,(H,38,42)/t33-/m0/s1. The van der Waals surface area contributed by atoms with Gasteiger partial charge in [0.1, 0.15) is 29.9 Å². The lowest BCUT2D eigenvalue weighted by Crippen LogP contribution is -2.54. The first kappa shape index (κ1) is 35.0. The van der Waals surface area contributed by atoms with Crippen LogP contribution >= 0.6 is 0 Å². The van der Waals surface area contributed by atoms with Gasteiger partial charge in [-0.15, -0.1) is 0 Å². The van der Waals surface area contributed by atoms with E-state index in [-0.39, 0.29) is 40.9 Å². The molecule has 0 aliphatic heterocycles. The molecule has 0 saturated heterocycles. The number of hydrogen-bond donors (Lipinski definition) is 1. The fraction of sp³-hybridized carbons (Fsp3) is 0.278. The summed E-state index contributed by atoms with van der Waals surface area (Å²) in [6.45, 7) is 4.41. The van der Waals surface area contributed by atoms with Crippen LogP contribution < -0.4 is 19.1 Å². The maximum atomic E-state index is 15.1. The van der Waals surface area contributed by atoms with Crippen LogP contribution in [0.2, 0.25) is 0 Å². The Kier molecular flexibility index (Phi) is 11.6. The van der Waals surface area contributed by atoms with Crippen LogP contribution in [0.15, 0.2) is 102 Å². The molecule has 47 heavy (non-hydrogen) atoms. The summed E-state index contributed by atoms with van der Waals surface area (Å²) in [6, 6.07) is 24.6. The average molecular weight is 662 g/mol. The van der Waals surface area contributed by atoms with Crippen molar-refractivity contribution in [3.63, 3.8) is 0 Å². The second-order valence-electron chi connectivity index (χ2n) is 11.3. The highest BCUT2D eigenvalue weighted by atomic mass is 32.2. The molecule has 9 nitrogen and oxygen atoms in total. The Bertz CT molecular complexity index is 1780. The molecule has 0 aliphatic rings. The normalized spacial score (nSPS) is 11.9. The lowest BCUT2D eigenvalue weighted by molar-refractivity contribution is -0.140. The summed E-state index contributed by atoms with van der Waals surface area (Å²) in [6.07, 6.45) is 0.104. The lowest BCUT2D eigenvalue weighted by atomic mass is 10.0. The lowest BCUT2D eigenvalue weighted by Gasteiger charge is -2.34. The van der Waals surface area contributed by atoms with Crippen LogP contribution in [-0.4, -0.2) is 58.0 Å². The minimum atomic E-state index is -4.39. The van der Waals surface area contributed by atoms with Gasteiger partial charge in [-0.05, 0) is 56.7 Å². The molecule has 11 heteroatoms. The number of ether oxygens (including phenoxy) is 2. The van der Waals surface area contributed by atoms with Crippen LogP contribution in [-0.2, 0) is 32.6 Å². The minimum absolute atomic E-state index is 0.0536. The zero-order valence-corrected chi connectivity index (χ0v) is 28.0. The molecule has 0 saturated carbocycles. The molecule has 0 bridgehead atoms. The van der Waals surface area contributed by atoms with Crippen molar-refractivity contribution in [1.29, 1.82) is 0 Å². The molecule has 4 aromatic carbocycles. The Labute approximate surface area is 276 Å². The summed E-state index contributed by atoms with van der Waals surface area (Å²) in [5, 5.41) is 2.88. The van der Waals surface area contributed by atoms with Gasteiger partial charge in [0, 0.05) is 30.6 Å². The van der Waals surface area contributed by atoms with Gasteiger partial charge in [-0.2, -0.15) is 0 Å². The predicted molar refractivity (Wildman–Crippen MR) is 179 cm³/mol. The molecular weight excluding hydrogens is 621 g/mol. The van der Waals surface area contributed by atoms with Crippen molar-refractivity contribution in [1.82, 2.24) is 10.2 Å². The van der Waals surface area contributed by atoms with Crippen molar-refractivity contribution in [2.75, 3.05) is 25.1 Å². The van der Waals surface area contributed by atoms with Crippen molar-refractivity contribution < 1.29 is 31.9 Å². The SMILES string of the molecule is COc1ccc(OC)c(N(CC(=O)N(Cc2ccccc2F)[C@@H](Cc2ccccc2)C(=O)NC(C)C)S(=O)(=O)c2ccc(C)cc2)c1. The van der Waals surface area contributed by atoms with Crippen LogP contribution in [0.4, 0.5) is 10.1 Å². The van der Waals surface area contributed by atoms with Crippen LogP contribution in [0.3, 0.4) is 0 Å². The first-order chi connectivity index (χ1) is 22.4. The van der Waals surface area contributed by atoms with Crippen molar-refractivity contribution in [3.05, 3.63) is 120 Å². The molecule has 0 radical (unpaired) electrons. The summed E-state index contributed by atoms with van der Waals surface area (Å²) in [5.74, 6) is -1.24. The highest BCUT2D eigenvalue weighted by Crippen LogP contribution is 2.36. The van der Waals surface area contributed by atoms with Gasteiger partial charge in [0.05, 0.1) is 24.8 Å². The minimum Gasteiger partial charge on any atom is -0.497 e. The zero-order valence-electron chi connectivity index (χ0n) is 27.1. The number of nitrogens with one attached hydrogen (secondary N) is 1. The first-order valence-electron chi connectivity index (χ1n) is 15.1. The third-order valence-electron chi connectivity index (χ3n) is 7.54. The molecule has 0 fully saturated rings. The summed E-state index contributed by atoms with van der Waals surface area (Å²) >= 11 is 0. The molecule has 1 atom stereocenters. The van der Waals surface area contributed by atoms with E-state index in [4.69, 9.17) is 9.47 Å². The fourth-order valence-corrected chi connectivity index (χ4v) is 6.50. The molecule has 0 aliphatic carbocycles. The van der Waals surface area contributed by atoms with Crippen molar-refractivity contribution in [2.24, 2.45) is 0 Å². The molecular formula is C36H40FN3O6S. The van der Waals surface area contributed by atoms with E-state index >= 15 is 4.39 Å². The van der Waals surface area contributed by atoms with Gasteiger partial charge < -0.3 is 19.7 Å². The number of nitrogens with zero attached hydrogens (tertiary/aromatic N) is 2. The van der Waals surface area contributed by atoms with Crippen LogP contribution in [0.25, 0.3) is 0 Å². The van der Waals surface area contributed by atoms with Crippen LogP contribution in [0.5, 0.6) is 11.5 Å². The quantitative estimate of drug-likeness (QED) is 0.191. The van der Waals surface area contributed by atoms with Crippen LogP contribution in [0, 0.1) is 12.7 Å². The topological polar surface area (TPSA) is 105 Å². The summed E-state index contributed by atoms with van der Waals surface area (Å²) in [5.41, 5.74) is 1.84. The van der Waals surface area contributed by atoms with E-state index in [2.05, 4.69) is 5.32 Å². The van der Waals surface area contributed by atoms with Gasteiger partial charge in [0.15, 0.2) is 0 Å². The van der Waals surface area contributed by atoms with E-state index in [1.165, 1.54) is 55.5 Å². The van der Waals surface area contributed by atoms with Gasteiger partial charge in [-0.1, -0.05) is 66.2 Å². The maximum Gasteiger partial charge on any atom is 0.264 e. The van der Waals surface area contributed by atoms with E-state index in [0.29, 0.717) is 5.75 Å². The highest BCUT2D eigenvalue weighted by molar-refractivity contribution is 7.92. The largest absolute Gasteiger partial charge is 0.497 e. The van der Waals surface area contributed by atoms with Gasteiger partial charge in [-0.25, -0.2) is 12.8 Å². The van der Waals surface area contributed by atoms with Gasteiger partial charge in [0.25, 0.3) is 10.0 Å². The Balaban J connectivity index is 1.88. The number of sulfonamides is 1. The third kappa shape index (κ3) is 8.68. The number of benzene rings is 4. The number of anilines is 1. The molecule has 0 unspecified atom stereocenters. The number of carbonyl (C=O) groups excluding carboxylic acids is 2. The monoisotopic (exact) mass is 661 g/mol. The van der Waals surface area contributed by atoms with E-state index in [1.54, 1.807) is 44.2 Å². The third-order valence-corrected chi connectivity index (χ3v) is 9.32. The molecule has 2 amide bonds. The van der Waals surface area contributed by atoms with Gasteiger partial charge in [-0.3, -0.25) is 13.9 Å². The first-order valence-corrected chi connectivity index (χ1v) is 16.6. The molecule has 248 valence electrons. The van der Waals surface area contributed by atoms with E-state index in [1.807, 2.05) is 37.3 Å². The smallest absolute Gasteiger partial charge is 0.264 e. The number of hydrogen-bond acceptors (Lipinski definition) is 6.